The van der Waals surface area contributed by atoms with Crippen molar-refractivity contribution in [2.45, 2.75) is 39.1 Å². The Balaban J connectivity index is -0.000000252. The van der Waals surface area contributed by atoms with Crippen molar-refractivity contribution < 1.29 is 95.8 Å². The third-order valence-electron chi connectivity index (χ3n) is 3.78. The van der Waals surface area contributed by atoms with Crippen LogP contribution in [-0.4, -0.2) is 99.4 Å². The van der Waals surface area contributed by atoms with Gasteiger partial charge in [0.05, 0.1) is 109 Å². The molecule has 0 aliphatic rings. The second-order valence-corrected chi connectivity index (χ2v) is 7.96. The molecule has 0 aliphatic carbocycles. The Morgan fingerprint density at radius 2 is 0.714 bits per heavy atom. The molecule has 0 saturated carbocycles. The first-order chi connectivity index (χ1) is 22.3. The number of carboxylic acid groups (broad SMARTS) is 6. The minimum Gasteiger partial charge on any atom is -0.547 e. The van der Waals surface area contributed by atoms with Crippen LogP contribution in [0.3, 0.4) is 0 Å². The van der Waals surface area contributed by atoms with Gasteiger partial charge in [-0.15, -0.1) is 0 Å². The molecule has 49 heavy (non-hydrogen) atoms. The summed E-state index contributed by atoms with van der Waals surface area (Å²) < 4.78 is 0. The van der Waals surface area contributed by atoms with Gasteiger partial charge in [0.25, 0.3) is 0 Å². The smallest absolute Gasteiger partial charge is 0.0924 e. The summed E-state index contributed by atoms with van der Waals surface area (Å²) in [7, 11) is 0. The van der Waals surface area contributed by atoms with E-state index < -0.39 is 54.1 Å². The zero-order valence-electron chi connectivity index (χ0n) is 25.7. The fourth-order valence-corrected chi connectivity index (χ4v) is 1.55. The average molecular weight is 775 g/mol. The van der Waals surface area contributed by atoms with E-state index in [0.29, 0.717) is 17.1 Å². The van der Waals surface area contributed by atoms with Gasteiger partial charge in [0.1, 0.15) is 0 Å². The van der Waals surface area contributed by atoms with Gasteiger partial charge in [0.2, 0.25) is 0 Å². The van der Waals surface area contributed by atoms with Crippen molar-refractivity contribution in [2.75, 3.05) is 0 Å². The minimum atomic E-state index is -1.44. The molecule has 270 valence electrons. The number of aliphatic hydroxyl groups excluding tert-OH is 3. The van der Waals surface area contributed by atoms with E-state index in [1.54, 1.807) is 0 Å². The van der Waals surface area contributed by atoms with Crippen LogP contribution in [0.4, 0.5) is 0 Å². The number of imidazole rings is 3. The molecule has 0 aliphatic heterocycles. The van der Waals surface area contributed by atoms with Gasteiger partial charge < -0.3 is 89.7 Å². The Morgan fingerprint density at radius 1 is 0.531 bits per heavy atom. The molecule has 0 spiro atoms. The molecule has 0 aromatic carbocycles. The SMILES string of the molecule is CC(O)C(=O)[O-].CC(O)C(=O)[O-].CC(O)C(=O)[O-].O=C([O-])C=Cc1cnc[nH]1.O=C([O-])C=Cc1cnc[nH]1.O=C([O-])C=Cc1cnc[nH]1.[Mo]. The van der Waals surface area contributed by atoms with E-state index in [4.69, 9.17) is 15.3 Å². The molecule has 3 rings (SSSR count). The largest absolute Gasteiger partial charge is 0.547 e. The zero-order valence-corrected chi connectivity index (χ0v) is 27.7. The van der Waals surface area contributed by atoms with Gasteiger partial charge in [-0.1, -0.05) is 0 Å². The van der Waals surface area contributed by atoms with Crippen molar-refractivity contribution in [3.05, 3.63) is 72.9 Å². The first-order valence-corrected chi connectivity index (χ1v) is 12.6. The number of H-pyrrole nitrogens is 3. The quantitative estimate of drug-likeness (QED) is 0.0868. The van der Waals surface area contributed by atoms with E-state index in [-0.39, 0.29) is 21.1 Å². The molecule has 22 heteroatoms. The van der Waals surface area contributed by atoms with Gasteiger partial charge in [-0.2, -0.15) is 0 Å². The number of carboxylic acids is 6. The number of hydrogen-bond acceptors (Lipinski definition) is 18. The number of carbonyl (C=O) groups is 6. The molecule has 0 fully saturated rings. The fraction of sp³-hybridized carbons (Fsp3) is 0.222. The van der Waals surface area contributed by atoms with Crippen molar-refractivity contribution in [3.63, 3.8) is 0 Å². The van der Waals surface area contributed by atoms with Crippen molar-refractivity contribution >= 4 is 54.0 Å². The monoisotopic (exact) mass is 776 g/mol. The van der Waals surface area contributed by atoms with Crippen molar-refractivity contribution in [3.8, 4) is 0 Å². The number of aromatic nitrogens is 6. The van der Waals surface area contributed by atoms with Gasteiger partial charge in [-0.3, -0.25) is 0 Å². The van der Waals surface area contributed by atoms with E-state index in [1.807, 2.05) is 0 Å². The Hall–Kier alpha value is -5.76. The molecule has 3 aromatic heterocycles. The number of aliphatic hydroxyl groups is 3. The van der Waals surface area contributed by atoms with Gasteiger partial charge in [-0.25, -0.2) is 15.0 Å². The van der Waals surface area contributed by atoms with Crippen molar-refractivity contribution in [1.29, 1.82) is 0 Å². The molecular formula is C27H30MoN6O15-6. The van der Waals surface area contributed by atoms with Crippen LogP contribution in [-0.2, 0) is 49.8 Å². The Kier molecular flexibility index (Phi) is 31.6. The van der Waals surface area contributed by atoms with E-state index in [2.05, 4.69) is 29.9 Å². The Morgan fingerprint density at radius 3 is 0.816 bits per heavy atom. The van der Waals surface area contributed by atoms with Crippen LogP contribution >= 0.6 is 0 Å². The first-order valence-electron chi connectivity index (χ1n) is 12.6. The molecule has 3 heterocycles. The van der Waals surface area contributed by atoms with E-state index >= 15 is 0 Å². The molecule has 3 unspecified atom stereocenters. The molecular weight excluding hydrogens is 744 g/mol. The molecule has 3 aromatic rings. The molecule has 0 saturated heterocycles. The second-order valence-electron chi connectivity index (χ2n) is 7.96. The van der Waals surface area contributed by atoms with E-state index in [9.17, 15) is 59.4 Å². The van der Waals surface area contributed by atoms with Crippen LogP contribution in [0.5, 0.6) is 0 Å². The number of aliphatic carboxylic acids is 6. The summed E-state index contributed by atoms with van der Waals surface area (Å²) in [6, 6.07) is 0. The maximum Gasteiger partial charge on any atom is 0.0924 e. The summed E-state index contributed by atoms with van der Waals surface area (Å²) in [6.45, 7) is 3.40. The molecule has 21 nitrogen and oxygen atoms in total. The topological polar surface area (TPSA) is 388 Å². The van der Waals surface area contributed by atoms with Crippen LogP contribution in [0.15, 0.2) is 55.8 Å². The zero-order chi connectivity index (χ0) is 37.7. The molecule has 6 N–H and O–H groups in total. The summed E-state index contributed by atoms with van der Waals surface area (Å²) in [5, 5.41) is 81.5. The van der Waals surface area contributed by atoms with E-state index in [0.717, 1.165) is 39.0 Å². The summed E-state index contributed by atoms with van der Waals surface area (Å²) in [4.78, 5) is 76.8. The predicted octanol–water partition coefficient (Wildman–Crippen LogP) is -8.13. The third-order valence-corrected chi connectivity index (χ3v) is 3.78. The van der Waals surface area contributed by atoms with Crippen molar-refractivity contribution in [2.24, 2.45) is 0 Å². The summed E-state index contributed by atoms with van der Waals surface area (Å²) in [5.41, 5.74) is 1.93. The Bertz CT molecular complexity index is 1250. The normalized spacial score (nSPS) is 11.4. The maximum absolute atomic E-state index is 9.86. The van der Waals surface area contributed by atoms with Crippen LogP contribution in [0.25, 0.3) is 18.2 Å². The number of hydrogen-bond donors (Lipinski definition) is 6. The Labute approximate surface area is 291 Å². The second kappa shape index (κ2) is 30.9. The summed E-state index contributed by atoms with van der Waals surface area (Å²) >= 11 is 0. The molecule has 3 atom stereocenters. The van der Waals surface area contributed by atoms with Gasteiger partial charge in [0.15, 0.2) is 0 Å². The number of aromatic amines is 3. The first kappa shape index (κ1) is 50.1. The number of carbonyl (C=O) groups excluding carboxylic acids is 6. The third kappa shape index (κ3) is 38.3. The molecule has 0 amide bonds. The van der Waals surface area contributed by atoms with Gasteiger partial charge in [0, 0.05) is 21.1 Å². The number of nitrogens with zero attached hydrogens (tertiary/aromatic N) is 3. The molecule has 0 bridgehead atoms. The fourth-order valence-electron chi connectivity index (χ4n) is 1.55. The number of rotatable bonds is 9. The average Bonchev–Trinajstić information content (AvgIpc) is 3.80. The van der Waals surface area contributed by atoms with Gasteiger partial charge in [-0.05, 0) is 57.2 Å². The van der Waals surface area contributed by atoms with Crippen LogP contribution < -0.4 is 30.6 Å². The van der Waals surface area contributed by atoms with Crippen LogP contribution in [0.2, 0.25) is 0 Å². The minimum absolute atomic E-state index is 0. The van der Waals surface area contributed by atoms with E-state index in [1.165, 1.54) is 55.8 Å². The van der Waals surface area contributed by atoms with Gasteiger partial charge >= 0.3 is 0 Å². The van der Waals surface area contributed by atoms with Crippen LogP contribution in [0.1, 0.15) is 37.9 Å². The number of nitrogens with one attached hydrogen (secondary N) is 3. The maximum atomic E-state index is 9.86. The summed E-state index contributed by atoms with van der Waals surface area (Å²) in [6.07, 6.45) is 11.9. The van der Waals surface area contributed by atoms with Crippen LogP contribution in [0, 0.1) is 0 Å². The molecule has 0 radical (unpaired) electrons. The standard InChI is InChI=1S/3C6H6N2O2.3C3H6O3.Mo/c3*9-6(10)2-1-5-3-7-4-8-5;3*1-2(4)3(5)6;/h3*1-4H,(H,7,8)(H,9,10);3*2,4H,1H3,(H,5,6);/p-6. The summed E-state index contributed by atoms with van der Waals surface area (Å²) in [5.74, 6) is -7.95. The predicted molar refractivity (Wildman–Crippen MR) is 148 cm³/mol. The van der Waals surface area contributed by atoms with Crippen molar-refractivity contribution in [1.82, 2.24) is 29.9 Å².